The highest BCUT2D eigenvalue weighted by Crippen LogP contribution is 2.36. The first-order chi connectivity index (χ1) is 15.6. The Kier molecular flexibility index (Phi) is 6.66. The van der Waals surface area contributed by atoms with E-state index < -0.39 is 11.6 Å². The van der Waals surface area contributed by atoms with Gasteiger partial charge in [0, 0.05) is 17.7 Å². The summed E-state index contributed by atoms with van der Waals surface area (Å²) in [5.74, 6) is -1.63. The quantitative estimate of drug-likeness (QED) is 0.367. The van der Waals surface area contributed by atoms with E-state index in [9.17, 15) is 0 Å². The predicted molar refractivity (Wildman–Crippen MR) is 128 cm³/mol. The summed E-state index contributed by atoms with van der Waals surface area (Å²) in [6.45, 7) is 4.72. The van der Waals surface area contributed by atoms with Crippen LogP contribution in [-0.2, 0) is 4.74 Å². The molecule has 1 aliphatic carbocycles. The van der Waals surface area contributed by atoms with Crippen LogP contribution >= 0.6 is 0 Å². The molecule has 0 heterocycles. The molecule has 0 saturated carbocycles. The molecule has 0 radical (unpaired) electrons. The van der Waals surface area contributed by atoms with Gasteiger partial charge in [0.15, 0.2) is 11.6 Å². The van der Waals surface area contributed by atoms with E-state index in [1.54, 1.807) is 12.1 Å². The molecular weight excluding hydrogens is 402 g/mol. The fourth-order valence-electron chi connectivity index (χ4n) is 4.40. The summed E-state index contributed by atoms with van der Waals surface area (Å²) in [6, 6.07) is 20.8. The maximum atomic E-state index is 15.1. The Morgan fingerprint density at radius 3 is 2.03 bits per heavy atom. The molecule has 32 heavy (non-hydrogen) atoms. The molecule has 1 aliphatic rings. The lowest BCUT2D eigenvalue weighted by Crippen LogP contribution is -2.31. The number of ether oxygens (including phenoxy) is 1. The molecule has 0 amide bonds. The topological polar surface area (TPSA) is 9.23 Å². The van der Waals surface area contributed by atoms with Crippen LogP contribution in [0.15, 0.2) is 85.0 Å². The van der Waals surface area contributed by atoms with Gasteiger partial charge in [-0.05, 0) is 42.0 Å². The van der Waals surface area contributed by atoms with Crippen LogP contribution in [0.4, 0.5) is 8.78 Å². The molecule has 0 fully saturated rings. The van der Waals surface area contributed by atoms with Crippen molar-refractivity contribution in [3.05, 3.63) is 102 Å². The standard InChI is InChI=1S/C29H28F2O/c1-3-18-29(32-4-2)19-16-24(17-20-29)26-15-14-25(27(30)28(26)31)23-12-10-22(11-13-23)21-8-6-5-7-9-21/h5-17,19H,3-4,18,20H2,1-2H3. The van der Waals surface area contributed by atoms with Gasteiger partial charge in [0.05, 0.1) is 5.60 Å². The van der Waals surface area contributed by atoms with Crippen molar-refractivity contribution < 1.29 is 13.5 Å². The van der Waals surface area contributed by atoms with Gasteiger partial charge in [-0.3, -0.25) is 0 Å². The summed E-state index contributed by atoms with van der Waals surface area (Å²) in [5.41, 5.74) is 3.67. The zero-order valence-electron chi connectivity index (χ0n) is 18.6. The van der Waals surface area contributed by atoms with Crippen molar-refractivity contribution in [2.24, 2.45) is 0 Å². The minimum atomic E-state index is -0.820. The molecule has 0 bridgehead atoms. The van der Waals surface area contributed by atoms with Gasteiger partial charge in [-0.1, -0.05) is 98.3 Å². The summed E-state index contributed by atoms with van der Waals surface area (Å²) in [7, 11) is 0. The van der Waals surface area contributed by atoms with Gasteiger partial charge < -0.3 is 4.74 Å². The molecule has 3 aromatic rings. The zero-order chi connectivity index (χ0) is 22.6. The van der Waals surface area contributed by atoms with Crippen LogP contribution in [0, 0.1) is 11.6 Å². The smallest absolute Gasteiger partial charge is 0.167 e. The number of benzene rings is 3. The second kappa shape index (κ2) is 9.62. The first-order valence-electron chi connectivity index (χ1n) is 11.2. The van der Waals surface area contributed by atoms with E-state index in [1.807, 2.05) is 79.7 Å². The maximum absolute atomic E-state index is 15.1. The predicted octanol–water partition coefficient (Wildman–Crippen LogP) is 8.22. The number of allylic oxidation sites excluding steroid dienone is 2. The molecule has 1 nitrogen and oxygen atoms in total. The Hall–Kier alpha value is -3.04. The van der Waals surface area contributed by atoms with Crippen molar-refractivity contribution >= 4 is 5.57 Å². The van der Waals surface area contributed by atoms with Crippen molar-refractivity contribution in [3.63, 3.8) is 0 Å². The molecule has 0 aromatic heterocycles. The van der Waals surface area contributed by atoms with E-state index in [2.05, 4.69) is 6.92 Å². The summed E-state index contributed by atoms with van der Waals surface area (Å²) in [5, 5.41) is 0. The van der Waals surface area contributed by atoms with Gasteiger partial charge in [-0.15, -0.1) is 0 Å². The Labute approximate surface area is 189 Å². The maximum Gasteiger partial charge on any atom is 0.167 e. The van der Waals surface area contributed by atoms with Gasteiger partial charge in [0.25, 0.3) is 0 Å². The summed E-state index contributed by atoms with van der Waals surface area (Å²) in [4.78, 5) is 0. The number of hydrogen-bond donors (Lipinski definition) is 0. The van der Waals surface area contributed by atoms with Crippen LogP contribution in [0.5, 0.6) is 0 Å². The minimum absolute atomic E-state index is 0.265. The van der Waals surface area contributed by atoms with E-state index >= 15 is 8.78 Å². The SMILES string of the molecule is CCCC1(OCC)C=CC(c2ccc(-c3ccc(-c4ccccc4)cc3)c(F)c2F)=CC1. The Morgan fingerprint density at radius 1 is 0.781 bits per heavy atom. The molecule has 0 aliphatic heterocycles. The lowest BCUT2D eigenvalue weighted by Gasteiger charge is -2.32. The highest BCUT2D eigenvalue weighted by molar-refractivity contribution is 5.78. The van der Waals surface area contributed by atoms with Crippen molar-refractivity contribution in [2.45, 2.75) is 38.7 Å². The lowest BCUT2D eigenvalue weighted by molar-refractivity contribution is -0.00598. The van der Waals surface area contributed by atoms with Gasteiger partial charge in [-0.25, -0.2) is 8.78 Å². The van der Waals surface area contributed by atoms with Crippen LogP contribution in [0.2, 0.25) is 0 Å². The summed E-state index contributed by atoms with van der Waals surface area (Å²) in [6.07, 6.45) is 8.37. The van der Waals surface area contributed by atoms with Gasteiger partial charge >= 0.3 is 0 Å². The first-order valence-corrected chi connectivity index (χ1v) is 11.2. The molecule has 4 rings (SSSR count). The Balaban J connectivity index is 1.59. The highest BCUT2D eigenvalue weighted by Gasteiger charge is 2.29. The van der Waals surface area contributed by atoms with Crippen molar-refractivity contribution in [3.8, 4) is 22.3 Å². The van der Waals surface area contributed by atoms with E-state index in [0.29, 0.717) is 24.2 Å². The largest absolute Gasteiger partial charge is 0.371 e. The Bertz CT molecular complexity index is 1120. The van der Waals surface area contributed by atoms with E-state index in [-0.39, 0.29) is 16.7 Å². The van der Waals surface area contributed by atoms with Crippen LogP contribution in [0.3, 0.4) is 0 Å². The number of halogens is 2. The van der Waals surface area contributed by atoms with Gasteiger partial charge in [-0.2, -0.15) is 0 Å². The third-order valence-electron chi connectivity index (χ3n) is 6.04. The van der Waals surface area contributed by atoms with Crippen molar-refractivity contribution in [2.75, 3.05) is 6.61 Å². The van der Waals surface area contributed by atoms with E-state index in [4.69, 9.17) is 4.74 Å². The molecular formula is C29H28F2O. The normalized spacial score (nSPS) is 17.9. The van der Waals surface area contributed by atoms with Crippen LogP contribution in [0.25, 0.3) is 27.8 Å². The molecule has 3 aromatic carbocycles. The zero-order valence-corrected chi connectivity index (χ0v) is 18.6. The van der Waals surface area contributed by atoms with Gasteiger partial charge in [0.1, 0.15) is 0 Å². The van der Waals surface area contributed by atoms with E-state index in [0.717, 1.165) is 24.0 Å². The molecule has 164 valence electrons. The number of rotatable bonds is 7. The Morgan fingerprint density at radius 2 is 1.41 bits per heavy atom. The van der Waals surface area contributed by atoms with E-state index in [1.165, 1.54) is 0 Å². The van der Waals surface area contributed by atoms with Crippen LogP contribution in [0.1, 0.15) is 38.7 Å². The molecule has 1 unspecified atom stereocenters. The third-order valence-corrected chi connectivity index (χ3v) is 6.04. The molecule has 1 atom stereocenters. The van der Waals surface area contributed by atoms with Crippen LogP contribution < -0.4 is 0 Å². The monoisotopic (exact) mass is 430 g/mol. The first kappa shape index (κ1) is 22.2. The average Bonchev–Trinajstić information content (AvgIpc) is 2.83. The summed E-state index contributed by atoms with van der Waals surface area (Å²) < 4.78 is 36.1. The summed E-state index contributed by atoms with van der Waals surface area (Å²) >= 11 is 0. The number of hydrogen-bond acceptors (Lipinski definition) is 1. The molecule has 0 N–H and O–H groups in total. The molecule has 0 spiro atoms. The average molecular weight is 431 g/mol. The van der Waals surface area contributed by atoms with Gasteiger partial charge in [0.2, 0.25) is 0 Å². The second-order valence-corrected chi connectivity index (χ2v) is 8.18. The van der Waals surface area contributed by atoms with Crippen molar-refractivity contribution in [1.82, 2.24) is 0 Å². The highest BCUT2D eigenvalue weighted by atomic mass is 19.2. The fourth-order valence-corrected chi connectivity index (χ4v) is 4.40. The lowest BCUT2D eigenvalue weighted by atomic mass is 9.85. The molecule has 3 heteroatoms. The minimum Gasteiger partial charge on any atom is -0.371 e. The van der Waals surface area contributed by atoms with Crippen molar-refractivity contribution in [1.29, 1.82) is 0 Å². The fraction of sp³-hybridized carbons (Fsp3) is 0.241. The van der Waals surface area contributed by atoms with Crippen LogP contribution in [-0.4, -0.2) is 12.2 Å². The second-order valence-electron chi connectivity index (χ2n) is 8.18. The molecule has 0 saturated heterocycles. The third kappa shape index (κ3) is 4.44.